The maximum atomic E-state index is 5.02. The summed E-state index contributed by atoms with van der Waals surface area (Å²) in [7, 11) is 0. The molecule has 0 saturated heterocycles. The van der Waals surface area contributed by atoms with Gasteiger partial charge in [-0.15, -0.1) is 0 Å². The normalized spacial score (nSPS) is 16.4. The van der Waals surface area contributed by atoms with Gasteiger partial charge < -0.3 is 15.2 Å². The molecule has 112 valence electrons. The second-order valence-corrected chi connectivity index (χ2v) is 5.55. The first kappa shape index (κ1) is 13.9. The van der Waals surface area contributed by atoms with Crippen molar-refractivity contribution >= 4 is 17.6 Å². The zero-order valence-electron chi connectivity index (χ0n) is 12.3. The van der Waals surface area contributed by atoms with E-state index in [1.807, 2.05) is 19.1 Å². The standard InChI is InChI=1S/C15H21N5O/c1-11-10-14(20-21-11)19-15-16-9-8-13(18-15)17-12-6-4-2-3-5-7-12/h8-10,12H,2-7H2,1H3,(H2,16,17,18,19,20). The van der Waals surface area contributed by atoms with Crippen molar-refractivity contribution in [3.8, 4) is 0 Å². The van der Waals surface area contributed by atoms with Gasteiger partial charge in [0, 0.05) is 18.3 Å². The fourth-order valence-corrected chi connectivity index (χ4v) is 2.67. The van der Waals surface area contributed by atoms with Crippen LogP contribution in [0, 0.1) is 6.92 Å². The van der Waals surface area contributed by atoms with Gasteiger partial charge in [0.2, 0.25) is 5.95 Å². The molecule has 2 heterocycles. The molecule has 0 bridgehead atoms. The zero-order valence-corrected chi connectivity index (χ0v) is 12.3. The lowest BCUT2D eigenvalue weighted by molar-refractivity contribution is 0.400. The van der Waals surface area contributed by atoms with Crippen LogP contribution >= 0.6 is 0 Å². The summed E-state index contributed by atoms with van der Waals surface area (Å²) >= 11 is 0. The highest BCUT2D eigenvalue weighted by Gasteiger charge is 2.13. The van der Waals surface area contributed by atoms with E-state index < -0.39 is 0 Å². The second-order valence-electron chi connectivity index (χ2n) is 5.55. The molecule has 1 aliphatic rings. The number of rotatable bonds is 4. The summed E-state index contributed by atoms with van der Waals surface area (Å²) in [6, 6.07) is 4.24. The number of hydrogen-bond donors (Lipinski definition) is 2. The Hall–Kier alpha value is -2.11. The lowest BCUT2D eigenvalue weighted by Gasteiger charge is -2.16. The first-order chi connectivity index (χ1) is 10.3. The second kappa shape index (κ2) is 6.56. The van der Waals surface area contributed by atoms with Crippen LogP contribution in [0.15, 0.2) is 22.9 Å². The highest BCUT2D eigenvalue weighted by Crippen LogP contribution is 2.21. The topological polar surface area (TPSA) is 75.9 Å². The van der Waals surface area contributed by atoms with Crippen LogP contribution in [0.5, 0.6) is 0 Å². The third kappa shape index (κ3) is 3.93. The summed E-state index contributed by atoms with van der Waals surface area (Å²) < 4.78 is 5.02. The molecule has 3 rings (SSSR count). The Labute approximate surface area is 124 Å². The van der Waals surface area contributed by atoms with E-state index in [0.29, 0.717) is 17.8 Å². The Morgan fingerprint density at radius 2 is 1.95 bits per heavy atom. The Balaban J connectivity index is 1.64. The monoisotopic (exact) mass is 287 g/mol. The molecular weight excluding hydrogens is 266 g/mol. The molecule has 0 amide bonds. The van der Waals surface area contributed by atoms with E-state index in [9.17, 15) is 0 Å². The van der Waals surface area contributed by atoms with Gasteiger partial charge in [-0.1, -0.05) is 30.8 Å². The molecule has 0 atom stereocenters. The predicted octanol–water partition coefficient (Wildman–Crippen LogP) is 3.65. The van der Waals surface area contributed by atoms with Crippen LogP contribution in [0.1, 0.15) is 44.3 Å². The highest BCUT2D eigenvalue weighted by atomic mass is 16.5. The molecule has 2 aromatic heterocycles. The molecule has 1 saturated carbocycles. The molecule has 1 aliphatic carbocycles. The Bertz CT molecular complexity index is 575. The SMILES string of the molecule is Cc1cc(Nc2nccc(NC3CCCCCC3)n2)no1. The molecule has 0 aromatic carbocycles. The summed E-state index contributed by atoms with van der Waals surface area (Å²) in [5, 5.41) is 10.4. The first-order valence-corrected chi connectivity index (χ1v) is 7.59. The van der Waals surface area contributed by atoms with E-state index in [1.165, 1.54) is 38.5 Å². The van der Waals surface area contributed by atoms with Crippen molar-refractivity contribution in [2.45, 2.75) is 51.5 Å². The fourth-order valence-electron chi connectivity index (χ4n) is 2.67. The van der Waals surface area contributed by atoms with Crippen LogP contribution in [0.25, 0.3) is 0 Å². The van der Waals surface area contributed by atoms with Crippen LogP contribution in [-0.2, 0) is 0 Å². The van der Waals surface area contributed by atoms with Gasteiger partial charge in [-0.3, -0.25) is 0 Å². The third-order valence-electron chi connectivity index (χ3n) is 3.73. The molecule has 0 aliphatic heterocycles. The number of hydrogen-bond acceptors (Lipinski definition) is 6. The number of aromatic nitrogens is 3. The van der Waals surface area contributed by atoms with Crippen molar-refractivity contribution in [1.29, 1.82) is 0 Å². The van der Waals surface area contributed by atoms with E-state index in [0.717, 1.165) is 11.6 Å². The number of nitrogens with one attached hydrogen (secondary N) is 2. The average molecular weight is 287 g/mol. The van der Waals surface area contributed by atoms with E-state index in [4.69, 9.17) is 4.52 Å². The average Bonchev–Trinajstić information content (AvgIpc) is 2.73. The minimum absolute atomic E-state index is 0.518. The smallest absolute Gasteiger partial charge is 0.230 e. The molecule has 0 radical (unpaired) electrons. The van der Waals surface area contributed by atoms with Gasteiger partial charge in [-0.25, -0.2) is 4.98 Å². The Morgan fingerprint density at radius 3 is 2.67 bits per heavy atom. The van der Waals surface area contributed by atoms with Gasteiger partial charge in [-0.05, 0) is 25.8 Å². The summed E-state index contributed by atoms with van der Waals surface area (Å²) in [5.41, 5.74) is 0. The Kier molecular flexibility index (Phi) is 4.33. The molecule has 0 spiro atoms. The lowest BCUT2D eigenvalue weighted by Crippen LogP contribution is -2.19. The number of anilines is 3. The molecule has 21 heavy (non-hydrogen) atoms. The van der Waals surface area contributed by atoms with Crippen LogP contribution in [-0.4, -0.2) is 21.2 Å². The first-order valence-electron chi connectivity index (χ1n) is 7.59. The van der Waals surface area contributed by atoms with Crippen molar-refractivity contribution < 1.29 is 4.52 Å². The van der Waals surface area contributed by atoms with E-state index >= 15 is 0 Å². The number of aryl methyl sites for hydroxylation is 1. The minimum atomic E-state index is 0.518. The molecule has 1 fully saturated rings. The summed E-state index contributed by atoms with van der Waals surface area (Å²) in [5.74, 6) is 2.77. The predicted molar refractivity (Wildman–Crippen MR) is 81.7 cm³/mol. The molecular formula is C15H21N5O. The fraction of sp³-hybridized carbons (Fsp3) is 0.533. The molecule has 6 heteroatoms. The van der Waals surface area contributed by atoms with Gasteiger partial charge in [0.05, 0.1) is 0 Å². The van der Waals surface area contributed by atoms with E-state index in [-0.39, 0.29) is 0 Å². The highest BCUT2D eigenvalue weighted by molar-refractivity contribution is 5.50. The Morgan fingerprint density at radius 1 is 1.14 bits per heavy atom. The largest absolute Gasteiger partial charge is 0.367 e. The molecule has 2 N–H and O–H groups in total. The van der Waals surface area contributed by atoms with Crippen LogP contribution in [0.4, 0.5) is 17.6 Å². The van der Waals surface area contributed by atoms with Crippen molar-refractivity contribution in [3.63, 3.8) is 0 Å². The van der Waals surface area contributed by atoms with Crippen molar-refractivity contribution in [2.75, 3.05) is 10.6 Å². The van der Waals surface area contributed by atoms with Crippen LogP contribution < -0.4 is 10.6 Å². The molecule has 0 unspecified atom stereocenters. The quantitative estimate of drug-likeness (QED) is 0.836. The van der Waals surface area contributed by atoms with E-state index in [1.54, 1.807) is 6.20 Å². The number of nitrogens with zero attached hydrogens (tertiary/aromatic N) is 3. The molecule has 2 aromatic rings. The van der Waals surface area contributed by atoms with Crippen molar-refractivity contribution in [1.82, 2.24) is 15.1 Å². The zero-order chi connectivity index (χ0) is 14.5. The van der Waals surface area contributed by atoms with E-state index in [2.05, 4.69) is 25.8 Å². The maximum Gasteiger partial charge on any atom is 0.230 e. The summed E-state index contributed by atoms with van der Waals surface area (Å²) in [6.45, 7) is 1.85. The van der Waals surface area contributed by atoms with Gasteiger partial charge in [0.15, 0.2) is 5.82 Å². The van der Waals surface area contributed by atoms with Gasteiger partial charge >= 0.3 is 0 Å². The summed E-state index contributed by atoms with van der Waals surface area (Å²) in [4.78, 5) is 8.70. The van der Waals surface area contributed by atoms with Crippen LogP contribution in [0.3, 0.4) is 0 Å². The van der Waals surface area contributed by atoms with Crippen molar-refractivity contribution in [3.05, 3.63) is 24.1 Å². The lowest BCUT2D eigenvalue weighted by atomic mass is 10.1. The minimum Gasteiger partial charge on any atom is -0.367 e. The third-order valence-corrected chi connectivity index (χ3v) is 3.73. The molecule has 6 nitrogen and oxygen atoms in total. The van der Waals surface area contributed by atoms with Gasteiger partial charge in [0.1, 0.15) is 11.6 Å². The van der Waals surface area contributed by atoms with Gasteiger partial charge in [-0.2, -0.15) is 4.98 Å². The van der Waals surface area contributed by atoms with Crippen LogP contribution in [0.2, 0.25) is 0 Å². The maximum absolute atomic E-state index is 5.02. The summed E-state index contributed by atoms with van der Waals surface area (Å²) in [6.07, 6.45) is 9.48. The van der Waals surface area contributed by atoms with Gasteiger partial charge in [0.25, 0.3) is 0 Å². The van der Waals surface area contributed by atoms with Crippen molar-refractivity contribution in [2.24, 2.45) is 0 Å².